The largest absolute Gasteiger partial charge is 0.348 e. The van der Waals surface area contributed by atoms with Gasteiger partial charge in [0.1, 0.15) is 9.88 Å². The fourth-order valence-electron chi connectivity index (χ4n) is 1.47. The molecule has 1 N–H and O–H groups in total. The number of hydrogen-bond donors (Lipinski definition) is 1. The van der Waals surface area contributed by atoms with Crippen LogP contribution in [0.3, 0.4) is 0 Å². The highest BCUT2D eigenvalue weighted by atomic mass is 32.1. The molecule has 0 aromatic carbocycles. The molecule has 92 valence electrons. The first-order valence-corrected chi connectivity index (χ1v) is 6.31. The molecule has 0 radical (unpaired) electrons. The van der Waals surface area contributed by atoms with E-state index in [9.17, 15) is 4.79 Å². The summed E-state index contributed by atoms with van der Waals surface area (Å²) >= 11 is 1.39. The van der Waals surface area contributed by atoms with Gasteiger partial charge in [-0.25, -0.2) is 4.98 Å². The molecule has 0 fully saturated rings. The Hall–Kier alpha value is -2.01. The summed E-state index contributed by atoms with van der Waals surface area (Å²) in [5.74, 6) is -0.106. The van der Waals surface area contributed by atoms with Crippen LogP contribution in [0.25, 0.3) is 10.6 Å². The van der Waals surface area contributed by atoms with E-state index in [1.54, 1.807) is 18.5 Å². The van der Waals surface area contributed by atoms with Gasteiger partial charge in [-0.05, 0) is 19.1 Å². The summed E-state index contributed by atoms with van der Waals surface area (Å²) in [4.78, 5) is 20.9. The summed E-state index contributed by atoms with van der Waals surface area (Å²) in [5, 5.41) is 3.59. The Balaban J connectivity index is 2.27. The Morgan fingerprint density at radius 2 is 2.22 bits per heavy atom. The van der Waals surface area contributed by atoms with Crippen LogP contribution in [-0.4, -0.2) is 22.4 Å². The van der Waals surface area contributed by atoms with Crippen molar-refractivity contribution >= 4 is 17.2 Å². The number of nitrogens with zero attached hydrogens (tertiary/aromatic N) is 2. The maximum atomic E-state index is 11.9. The summed E-state index contributed by atoms with van der Waals surface area (Å²) in [6, 6.07) is 3.76. The molecule has 0 saturated carbocycles. The molecule has 0 aliphatic rings. The molecule has 0 spiro atoms. The van der Waals surface area contributed by atoms with E-state index in [-0.39, 0.29) is 5.91 Å². The van der Waals surface area contributed by atoms with Crippen LogP contribution in [0.4, 0.5) is 0 Å². The molecule has 5 heteroatoms. The van der Waals surface area contributed by atoms with Crippen LogP contribution in [0.15, 0.2) is 37.2 Å². The molecule has 0 atom stereocenters. The highest BCUT2D eigenvalue weighted by molar-refractivity contribution is 7.17. The number of nitrogens with one attached hydrogen (secondary N) is 1. The number of pyridine rings is 1. The third-order valence-electron chi connectivity index (χ3n) is 2.34. The van der Waals surface area contributed by atoms with Crippen molar-refractivity contribution in [1.29, 1.82) is 0 Å². The van der Waals surface area contributed by atoms with Gasteiger partial charge in [0.2, 0.25) is 0 Å². The predicted molar refractivity (Wildman–Crippen MR) is 72.6 cm³/mol. The first-order chi connectivity index (χ1) is 8.72. The van der Waals surface area contributed by atoms with E-state index in [1.807, 2.05) is 19.1 Å². The zero-order valence-corrected chi connectivity index (χ0v) is 10.8. The van der Waals surface area contributed by atoms with E-state index >= 15 is 0 Å². The smallest absolute Gasteiger partial charge is 0.263 e. The van der Waals surface area contributed by atoms with E-state index in [0.717, 1.165) is 16.3 Å². The predicted octanol–water partition coefficient (Wildman–Crippen LogP) is 2.43. The molecule has 2 heterocycles. The summed E-state index contributed by atoms with van der Waals surface area (Å²) in [6.45, 7) is 5.86. The zero-order chi connectivity index (χ0) is 13.0. The molecule has 2 aromatic heterocycles. The molecule has 18 heavy (non-hydrogen) atoms. The fraction of sp³-hybridized carbons (Fsp3) is 0.154. The molecule has 0 bridgehead atoms. The van der Waals surface area contributed by atoms with Gasteiger partial charge in [-0.2, -0.15) is 0 Å². The third kappa shape index (κ3) is 2.62. The molecule has 0 unspecified atom stereocenters. The first kappa shape index (κ1) is 12.4. The zero-order valence-electron chi connectivity index (χ0n) is 10.0. The number of amides is 1. The highest BCUT2D eigenvalue weighted by Gasteiger charge is 2.15. The van der Waals surface area contributed by atoms with Gasteiger partial charge >= 0.3 is 0 Å². The average Bonchev–Trinajstić information content (AvgIpc) is 2.79. The molecule has 2 aromatic rings. The number of thiazole rings is 1. The Kier molecular flexibility index (Phi) is 3.84. The summed E-state index contributed by atoms with van der Waals surface area (Å²) in [6.07, 6.45) is 5.07. The SMILES string of the molecule is C=CCNC(=O)c1sc(-c2ccncc2)nc1C. The van der Waals surface area contributed by atoms with Crippen molar-refractivity contribution in [3.63, 3.8) is 0 Å². The van der Waals surface area contributed by atoms with Crippen molar-refractivity contribution in [2.75, 3.05) is 6.54 Å². The third-order valence-corrected chi connectivity index (χ3v) is 3.54. The van der Waals surface area contributed by atoms with Crippen molar-refractivity contribution < 1.29 is 4.79 Å². The standard InChI is InChI=1S/C13H13N3OS/c1-3-6-15-12(17)11-9(2)16-13(18-11)10-4-7-14-8-5-10/h3-5,7-8H,1,6H2,2H3,(H,15,17). The van der Waals surface area contributed by atoms with Gasteiger partial charge in [0.25, 0.3) is 5.91 Å². The Bertz CT molecular complexity index is 563. The van der Waals surface area contributed by atoms with Gasteiger partial charge in [0, 0.05) is 24.5 Å². The van der Waals surface area contributed by atoms with Crippen LogP contribution in [0, 0.1) is 6.92 Å². The maximum absolute atomic E-state index is 11.9. The molecule has 0 aliphatic heterocycles. The molecule has 0 aliphatic carbocycles. The second-order valence-electron chi connectivity index (χ2n) is 3.67. The number of rotatable bonds is 4. The number of aromatic nitrogens is 2. The lowest BCUT2D eigenvalue weighted by molar-refractivity contribution is 0.0961. The van der Waals surface area contributed by atoms with Crippen LogP contribution in [0.5, 0.6) is 0 Å². The molecular weight excluding hydrogens is 246 g/mol. The van der Waals surface area contributed by atoms with E-state index in [4.69, 9.17) is 0 Å². The van der Waals surface area contributed by atoms with Crippen molar-refractivity contribution in [2.45, 2.75) is 6.92 Å². The monoisotopic (exact) mass is 259 g/mol. The number of carbonyl (C=O) groups excluding carboxylic acids is 1. The van der Waals surface area contributed by atoms with Crippen molar-refractivity contribution in [3.8, 4) is 10.6 Å². The lowest BCUT2D eigenvalue weighted by Crippen LogP contribution is -2.22. The van der Waals surface area contributed by atoms with Gasteiger partial charge < -0.3 is 5.32 Å². The van der Waals surface area contributed by atoms with E-state index in [2.05, 4.69) is 21.9 Å². The van der Waals surface area contributed by atoms with Crippen LogP contribution in [0.2, 0.25) is 0 Å². The van der Waals surface area contributed by atoms with Crippen LogP contribution < -0.4 is 5.32 Å². The summed E-state index contributed by atoms with van der Waals surface area (Å²) < 4.78 is 0. The van der Waals surface area contributed by atoms with E-state index < -0.39 is 0 Å². The van der Waals surface area contributed by atoms with E-state index in [1.165, 1.54) is 11.3 Å². The Morgan fingerprint density at radius 3 is 2.89 bits per heavy atom. The molecule has 2 rings (SSSR count). The van der Waals surface area contributed by atoms with Crippen molar-refractivity contribution in [3.05, 3.63) is 47.8 Å². The van der Waals surface area contributed by atoms with Gasteiger partial charge in [-0.3, -0.25) is 9.78 Å². The highest BCUT2D eigenvalue weighted by Crippen LogP contribution is 2.27. The minimum absolute atomic E-state index is 0.106. The second-order valence-corrected chi connectivity index (χ2v) is 4.67. The molecule has 1 amide bonds. The number of carbonyl (C=O) groups is 1. The normalized spacial score (nSPS) is 10.1. The van der Waals surface area contributed by atoms with Crippen LogP contribution >= 0.6 is 11.3 Å². The minimum Gasteiger partial charge on any atom is -0.348 e. The minimum atomic E-state index is -0.106. The van der Waals surface area contributed by atoms with Gasteiger partial charge in [0.15, 0.2) is 0 Å². The number of hydrogen-bond acceptors (Lipinski definition) is 4. The summed E-state index contributed by atoms with van der Waals surface area (Å²) in [5.41, 5.74) is 1.72. The topological polar surface area (TPSA) is 54.9 Å². The lowest BCUT2D eigenvalue weighted by atomic mass is 10.3. The first-order valence-electron chi connectivity index (χ1n) is 5.49. The Labute approximate surface area is 109 Å². The quantitative estimate of drug-likeness (QED) is 0.858. The van der Waals surface area contributed by atoms with E-state index in [0.29, 0.717) is 11.4 Å². The number of aryl methyl sites for hydroxylation is 1. The second kappa shape index (κ2) is 5.55. The molecular formula is C13H13N3OS. The van der Waals surface area contributed by atoms with Crippen LogP contribution in [-0.2, 0) is 0 Å². The van der Waals surface area contributed by atoms with Gasteiger partial charge in [0.05, 0.1) is 5.69 Å². The van der Waals surface area contributed by atoms with Gasteiger partial charge in [-0.1, -0.05) is 6.08 Å². The average molecular weight is 259 g/mol. The fourth-order valence-corrected chi connectivity index (χ4v) is 2.46. The molecule has 4 nitrogen and oxygen atoms in total. The van der Waals surface area contributed by atoms with Crippen LogP contribution in [0.1, 0.15) is 15.4 Å². The summed E-state index contributed by atoms with van der Waals surface area (Å²) in [7, 11) is 0. The maximum Gasteiger partial charge on any atom is 0.263 e. The lowest BCUT2D eigenvalue weighted by Gasteiger charge is -1.98. The van der Waals surface area contributed by atoms with Crippen molar-refractivity contribution in [2.24, 2.45) is 0 Å². The van der Waals surface area contributed by atoms with Gasteiger partial charge in [-0.15, -0.1) is 17.9 Å². The van der Waals surface area contributed by atoms with Crippen molar-refractivity contribution in [1.82, 2.24) is 15.3 Å². The Morgan fingerprint density at radius 1 is 1.50 bits per heavy atom. The molecule has 0 saturated heterocycles.